The summed E-state index contributed by atoms with van der Waals surface area (Å²) in [5.74, 6) is 0.428. The normalized spacial score (nSPS) is 15.3. The van der Waals surface area contributed by atoms with Gasteiger partial charge in [0, 0.05) is 5.92 Å². The first-order valence-corrected chi connectivity index (χ1v) is 6.69. The largest absolute Gasteiger partial charge is 0.296 e. The SMILES string of the molecule is Cc1ccc(-n2nnc(C=O)c2C2CCC2)cc1C. The van der Waals surface area contributed by atoms with Crippen molar-refractivity contribution in [1.29, 1.82) is 0 Å². The zero-order valence-corrected chi connectivity index (χ0v) is 11.3. The van der Waals surface area contributed by atoms with E-state index in [1.54, 1.807) is 0 Å². The number of rotatable bonds is 3. The van der Waals surface area contributed by atoms with Gasteiger partial charge in [0.15, 0.2) is 6.29 Å². The Balaban J connectivity index is 2.11. The maximum Gasteiger partial charge on any atom is 0.172 e. The molecule has 0 atom stereocenters. The molecule has 2 aromatic rings. The maximum atomic E-state index is 11.1. The molecular formula is C15H17N3O. The molecule has 1 heterocycles. The Morgan fingerprint density at radius 2 is 2.05 bits per heavy atom. The van der Waals surface area contributed by atoms with Gasteiger partial charge in [-0.15, -0.1) is 5.10 Å². The Morgan fingerprint density at radius 1 is 1.26 bits per heavy atom. The number of carbonyl (C=O) groups is 1. The van der Waals surface area contributed by atoms with Crippen LogP contribution in [0.3, 0.4) is 0 Å². The van der Waals surface area contributed by atoms with E-state index in [2.05, 4.69) is 36.3 Å². The summed E-state index contributed by atoms with van der Waals surface area (Å²) in [6.07, 6.45) is 4.29. The summed E-state index contributed by atoms with van der Waals surface area (Å²) in [6, 6.07) is 6.21. The number of aromatic nitrogens is 3. The molecule has 19 heavy (non-hydrogen) atoms. The molecule has 1 fully saturated rings. The molecule has 4 nitrogen and oxygen atoms in total. The third-order valence-electron chi connectivity index (χ3n) is 4.07. The van der Waals surface area contributed by atoms with Gasteiger partial charge >= 0.3 is 0 Å². The van der Waals surface area contributed by atoms with Crippen molar-refractivity contribution in [3.05, 3.63) is 40.7 Å². The van der Waals surface area contributed by atoms with Crippen molar-refractivity contribution >= 4 is 6.29 Å². The van der Waals surface area contributed by atoms with Gasteiger partial charge in [-0.2, -0.15) is 0 Å². The molecule has 0 aliphatic heterocycles. The van der Waals surface area contributed by atoms with Crippen molar-refractivity contribution in [3.63, 3.8) is 0 Å². The van der Waals surface area contributed by atoms with Crippen LogP contribution in [-0.4, -0.2) is 21.3 Å². The predicted octanol–water partition coefficient (Wildman–Crippen LogP) is 2.96. The number of nitrogens with zero attached hydrogens (tertiary/aromatic N) is 3. The van der Waals surface area contributed by atoms with E-state index in [1.807, 2.05) is 10.7 Å². The number of carbonyl (C=O) groups excluding carboxylic acids is 1. The van der Waals surface area contributed by atoms with Crippen LogP contribution in [0.15, 0.2) is 18.2 Å². The molecule has 1 aromatic carbocycles. The minimum atomic E-state index is 0.428. The molecule has 1 saturated carbocycles. The second-order valence-electron chi connectivity index (χ2n) is 5.29. The van der Waals surface area contributed by atoms with Gasteiger partial charge in [-0.25, -0.2) is 4.68 Å². The second kappa shape index (κ2) is 4.61. The van der Waals surface area contributed by atoms with Crippen molar-refractivity contribution in [3.8, 4) is 5.69 Å². The highest BCUT2D eigenvalue weighted by Crippen LogP contribution is 2.38. The first-order valence-electron chi connectivity index (χ1n) is 6.69. The van der Waals surface area contributed by atoms with Crippen LogP contribution >= 0.6 is 0 Å². The summed E-state index contributed by atoms with van der Waals surface area (Å²) >= 11 is 0. The summed E-state index contributed by atoms with van der Waals surface area (Å²) < 4.78 is 1.83. The Morgan fingerprint density at radius 3 is 2.63 bits per heavy atom. The van der Waals surface area contributed by atoms with E-state index >= 15 is 0 Å². The summed E-state index contributed by atoms with van der Waals surface area (Å²) in [4.78, 5) is 11.1. The number of hydrogen-bond donors (Lipinski definition) is 0. The van der Waals surface area contributed by atoms with Gasteiger partial charge < -0.3 is 0 Å². The fraction of sp³-hybridized carbons (Fsp3) is 0.400. The Hall–Kier alpha value is -1.97. The van der Waals surface area contributed by atoms with E-state index in [0.29, 0.717) is 11.6 Å². The third-order valence-corrected chi connectivity index (χ3v) is 4.07. The average molecular weight is 255 g/mol. The molecule has 3 rings (SSSR count). The van der Waals surface area contributed by atoms with E-state index in [4.69, 9.17) is 0 Å². The first kappa shape index (κ1) is 12.1. The van der Waals surface area contributed by atoms with Crippen LogP contribution in [0.1, 0.15) is 52.5 Å². The van der Waals surface area contributed by atoms with E-state index in [1.165, 1.54) is 17.5 Å². The lowest BCUT2D eigenvalue weighted by atomic mass is 9.82. The molecule has 0 unspecified atom stereocenters. The topological polar surface area (TPSA) is 47.8 Å². The Labute approximate surface area is 112 Å². The van der Waals surface area contributed by atoms with Crippen LogP contribution in [0.4, 0.5) is 0 Å². The molecule has 0 spiro atoms. The lowest BCUT2D eigenvalue weighted by Crippen LogP contribution is -2.16. The van der Waals surface area contributed by atoms with Gasteiger partial charge in [0.2, 0.25) is 0 Å². The van der Waals surface area contributed by atoms with Gasteiger partial charge in [-0.05, 0) is 49.9 Å². The zero-order valence-electron chi connectivity index (χ0n) is 11.3. The highest BCUT2D eigenvalue weighted by atomic mass is 16.1. The smallest absolute Gasteiger partial charge is 0.172 e. The zero-order chi connectivity index (χ0) is 13.4. The van der Waals surface area contributed by atoms with Crippen molar-refractivity contribution in [1.82, 2.24) is 15.0 Å². The third kappa shape index (κ3) is 1.97. The van der Waals surface area contributed by atoms with Gasteiger partial charge in [0.1, 0.15) is 5.69 Å². The summed E-state index contributed by atoms with van der Waals surface area (Å²) in [5.41, 5.74) is 4.93. The van der Waals surface area contributed by atoms with Gasteiger partial charge in [-0.3, -0.25) is 4.79 Å². The summed E-state index contributed by atoms with van der Waals surface area (Å²) in [6.45, 7) is 4.17. The van der Waals surface area contributed by atoms with Crippen LogP contribution in [-0.2, 0) is 0 Å². The average Bonchev–Trinajstić information content (AvgIpc) is 2.74. The highest BCUT2D eigenvalue weighted by molar-refractivity contribution is 5.74. The van der Waals surface area contributed by atoms with Crippen molar-refractivity contribution in [2.75, 3.05) is 0 Å². The molecule has 0 amide bonds. The fourth-order valence-corrected chi connectivity index (χ4v) is 2.50. The van der Waals surface area contributed by atoms with Gasteiger partial charge in [0.05, 0.1) is 11.4 Å². The maximum absolute atomic E-state index is 11.1. The standard InChI is InChI=1S/C15H17N3O/c1-10-6-7-13(8-11(10)2)18-15(12-4-3-5-12)14(9-19)16-17-18/h6-9,12H,3-5H2,1-2H3. The molecule has 0 bridgehead atoms. The van der Waals surface area contributed by atoms with Crippen LogP contribution in [0.5, 0.6) is 0 Å². The number of aryl methyl sites for hydroxylation is 2. The van der Waals surface area contributed by atoms with Crippen molar-refractivity contribution < 1.29 is 4.79 Å². The molecule has 0 saturated heterocycles. The molecule has 1 aliphatic carbocycles. The second-order valence-corrected chi connectivity index (χ2v) is 5.29. The lowest BCUT2D eigenvalue weighted by Gasteiger charge is -2.26. The monoisotopic (exact) mass is 255 g/mol. The minimum Gasteiger partial charge on any atom is -0.296 e. The number of aldehydes is 1. The van der Waals surface area contributed by atoms with E-state index in [9.17, 15) is 4.79 Å². The van der Waals surface area contributed by atoms with E-state index in [-0.39, 0.29) is 0 Å². The molecule has 98 valence electrons. The molecule has 4 heteroatoms. The highest BCUT2D eigenvalue weighted by Gasteiger charge is 2.28. The Kier molecular flexibility index (Phi) is 2.93. The van der Waals surface area contributed by atoms with Gasteiger partial charge in [-0.1, -0.05) is 17.7 Å². The fourth-order valence-electron chi connectivity index (χ4n) is 2.50. The summed E-state index contributed by atoms with van der Waals surface area (Å²) in [7, 11) is 0. The van der Waals surface area contributed by atoms with E-state index in [0.717, 1.165) is 30.5 Å². The van der Waals surface area contributed by atoms with Crippen LogP contribution in [0, 0.1) is 13.8 Å². The quantitative estimate of drug-likeness (QED) is 0.792. The van der Waals surface area contributed by atoms with E-state index < -0.39 is 0 Å². The van der Waals surface area contributed by atoms with Crippen LogP contribution in [0.2, 0.25) is 0 Å². The Bertz CT molecular complexity index is 626. The lowest BCUT2D eigenvalue weighted by molar-refractivity contribution is 0.111. The molecule has 1 aliphatic rings. The predicted molar refractivity (Wildman–Crippen MR) is 72.8 cm³/mol. The van der Waals surface area contributed by atoms with Crippen LogP contribution in [0.25, 0.3) is 5.69 Å². The minimum absolute atomic E-state index is 0.428. The van der Waals surface area contributed by atoms with Crippen LogP contribution < -0.4 is 0 Å². The van der Waals surface area contributed by atoms with Crippen molar-refractivity contribution in [2.45, 2.75) is 39.0 Å². The molecular weight excluding hydrogens is 238 g/mol. The molecule has 0 N–H and O–H groups in total. The van der Waals surface area contributed by atoms with Gasteiger partial charge in [0.25, 0.3) is 0 Å². The number of benzene rings is 1. The number of hydrogen-bond acceptors (Lipinski definition) is 3. The van der Waals surface area contributed by atoms with Crippen molar-refractivity contribution in [2.24, 2.45) is 0 Å². The summed E-state index contributed by atoms with van der Waals surface area (Å²) in [5, 5.41) is 8.18. The first-order chi connectivity index (χ1) is 9.20. The molecule has 1 aromatic heterocycles. The molecule has 0 radical (unpaired) electrons.